The van der Waals surface area contributed by atoms with Crippen LogP contribution in [0.15, 0.2) is 28.7 Å². The van der Waals surface area contributed by atoms with Crippen molar-refractivity contribution in [1.82, 2.24) is 5.32 Å². The fourth-order valence-corrected chi connectivity index (χ4v) is 2.57. The predicted octanol–water partition coefficient (Wildman–Crippen LogP) is 3.52. The average Bonchev–Trinajstić information content (AvgIpc) is 2.47. The molecule has 0 aliphatic heterocycles. The molecule has 1 rings (SSSR count). The molecular formula is C16H26BrClN2O2. The van der Waals surface area contributed by atoms with Crippen LogP contribution in [0, 0.1) is 5.41 Å². The lowest BCUT2D eigenvalue weighted by Gasteiger charge is -2.29. The van der Waals surface area contributed by atoms with Crippen molar-refractivity contribution in [3.8, 4) is 5.75 Å². The Labute approximate surface area is 147 Å². The van der Waals surface area contributed by atoms with E-state index in [1.165, 1.54) is 0 Å². The van der Waals surface area contributed by atoms with E-state index < -0.39 is 5.41 Å². The number of hydrogen-bond donors (Lipinski definition) is 2. The van der Waals surface area contributed by atoms with Gasteiger partial charge in [-0.05, 0) is 38.0 Å². The number of hydrogen-bond acceptors (Lipinski definition) is 3. The molecule has 0 bridgehead atoms. The molecule has 22 heavy (non-hydrogen) atoms. The Bertz CT molecular complexity index is 459. The molecule has 1 aromatic carbocycles. The molecule has 0 fully saturated rings. The molecule has 6 heteroatoms. The van der Waals surface area contributed by atoms with E-state index in [1.807, 2.05) is 45.0 Å². The van der Waals surface area contributed by atoms with Crippen molar-refractivity contribution in [2.75, 3.05) is 13.1 Å². The van der Waals surface area contributed by atoms with Crippen LogP contribution < -0.4 is 15.8 Å². The van der Waals surface area contributed by atoms with Gasteiger partial charge in [-0.2, -0.15) is 0 Å². The molecule has 0 saturated heterocycles. The van der Waals surface area contributed by atoms with Gasteiger partial charge in [0.1, 0.15) is 11.9 Å². The Hall–Kier alpha value is -0.780. The third kappa shape index (κ3) is 5.78. The summed E-state index contributed by atoms with van der Waals surface area (Å²) in [5, 5.41) is 2.96. The van der Waals surface area contributed by atoms with E-state index in [2.05, 4.69) is 21.2 Å². The molecule has 4 nitrogen and oxygen atoms in total. The summed E-state index contributed by atoms with van der Waals surface area (Å²) in [6.07, 6.45) is 1.38. The normalized spacial score (nSPS) is 12.2. The van der Waals surface area contributed by atoms with E-state index in [9.17, 15) is 4.79 Å². The Kier molecular flexibility index (Phi) is 9.72. The highest BCUT2D eigenvalue weighted by Crippen LogP contribution is 2.25. The van der Waals surface area contributed by atoms with E-state index in [0.29, 0.717) is 13.1 Å². The number of carbonyl (C=O) groups excluding carboxylic acids is 1. The lowest BCUT2D eigenvalue weighted by atomic mass is 9.81. The van der Waals surface area contributed by atoms with Gasteiger partial charge in [-0.3, -0.25) is 4.79 Å². The number of nitrogens with one attached hydrogen (secondary N) is 1. The molecule has 0 aliphatic carbocycles. The number of halogens is 2. The van der Waals surface area contributed by atoms with Crippen LogP contribution in [0.2, 0.25) is 0 Å². The van der Waals surface area contributed by atoms with Gasteiger partial charge in [-0.15, -0.1) is 12.4 Å². The topological polar surface area (TPSA) is 64.4 Å². The zero-order chi connectivity index (χ0) is 15.9. The Balaban J connectivity index is 0.00000441. The fourth-order valence-electron chi connectivity index (χ4n) is 2.19. The molecule has 1 unspecified atom stereocenters. The maximum atomic E-state index is 12.3. The van der Waals surface area contributed by atoms with Gasteiger partial charge in [0.15, 0.2) is 0 Å². The summed E-state index contributed by atoms with van der Waals surface area (Å²) in [4.78, 5) is 12.3. The molecule has 3 N–H and O–H groups in total. The maximum absolute atomic E-state index is 12.3. The number of nitrogens with two attached hydrogens (primary N) is 1. The minimum atomic E-state index is -0.463. The summed E-state index contributed by atoms with van der Waals surface area (Å²) in [6.45, 7) is 6.76. The van der Waals surface area contributed by atoms with Crippen molar-refractivity contribution < 1.29 is 9.53 Å². The van der Waals surface area contributed by atoms with Gasteiger partial charge in [0.25, 0.3) is 0 Å². The van der Waals surface area contributed by atoms with Crippen LogP contribution in [0.3, 0.4) is 0 Å². The first-order valence-electron chi connectivity index (χ1n) is 7.38. The van der Waals surface area contributed by atoms with E-state index in [0.717, 1.165) is 23.1 Å². The second-order valence-electron chi connectivity index (χ2n) is 5.29. The second-order valence-corrected chi connectivity index (χ2v) is 6.20. The Morgan fingerprint density at radius 3 is 2.55 bits per heavy atom. The van der Waals surface area contributed by atoms with Crippen molar-refractivity contribution >= 4 is 34.2 Å². The minimum absolute atomic E-state index is 0. The van der Waals surface area contributed by atoms with Crippen LogP contribution in [-0.4, -0.2) is 25.1 Å². The first-order chi connectivity index (χ1) is 9.97. The number of ether oxygens (including phenoxy) is 1. The summed E-state index contributed by atoms with van der Waals surface area (Å²) < 4.78 is 6.75. The van der Waals surface area contributed by atoms with Gasteiger partial charge in [0.05, 0.1) is 12.0 Å². The van der Waals surface area contributed by atoms with Crippen molar-refractivity contribution in [2.45, 2.75) is 39.7 Å². The van der Waals surface area contributed by atoms with Crippen molar-refractivity contribution in [3.05, 3.63) is 28.7 Å². The standard InChI is InChI=1S/C16H25BrN2O2.ClH/c1-4-16(5-2,11-18)15(20)19-10-12(3)21-14-8-6-7-13(17)9-14;/h6-9,12H,4-5,10-11,18H2,1-3H3,(H,19,20);1H. The Morgan fingerprint density at radius 1 is 1.41 bits per heavy atom. The van der Waals surface area contributed by atoms with Crippen molar-refractivity contribution in [1.29, 1.82) is 0 Å². The van der Waals surface area contributed by atoms with Gasteiger partial charge in [-0.25, -0.2) is 0 Å². The predicted molar refractivity (Wildman–Crippen MR) is 96.6 cm³/mol. The number of carbonyl (C=O) groups is 1. The first kappa shape index (κ1) is 21.2. The fraction of sp³-hybridized carbons (Fsp3) is 0.562. The molecular weight excluding hydrogens is 368 g/mol. The minimum Gasteiger partial charge on any atom is -0.489 e. The summed E-state index contributed by atoms with van der Waals surface area (Å²) in [5.41, 5.74) is 5.32. The summed E-state index contributed by atoms with van der Waals surface area (Å²) >= 11 is 3.40. The molecule has 1 amide bonds. The zero-order valence-corrected chi connectivity index (χ0v) is 15.8. The van der Waals surface area contributed by atoms with Crippen LogP contribution in [-0.2, 0) is 4.79 Å². The first-order valence-corrected chi connectivity index (χ1v) is 8.17. The van der Waals surface area contributed by atoms with Crippen molar-refractivity contribution in [3.63, 3.8) is 0 Å². The lowest BCUT2D eigenvalue weighted by molar-refractivity contribution is -0.131. The third-order valence-electron chi connectivity index (χ3n) is 3.91. The maximum Gasteiger partial charge on any atom is 0.227 e. The SMILES string of the molecule is CCC(CC)(CN)C(=O)NCC(C)Oc1cccc(Br)c1.Cl. The molecule has 0 aromatic heterocycles. The molecule has 1 atom stereocenters. The van der Waals surface area contributed by atoms with Crippen LogP contribution in [0.4, 0.5) is 0 Å². The van der Waals surface area contributed by atoms with E-state index in [-0.39, 0.29) is 24.4 Å². The highest BCUT2D eigenvalue weighted by atomic mass is 79.9. The van der Waals surface area contributed by atoms with Crippen LogP contribution in [0.1, 0.15) is 33.6 Å². The van der Waals surface area contributed by atoms with Gasteiger partial charge in [0, 0.05) is 11.0 Å². The highest BCUT2D eigenvalue weighted by molar-refractivity contribution is 9.10. The number of rotatable bonds is 8. The van der Waals surface area contributed by atoms with E-state index in [4.69, 9.17) is 10.5 Å². The molecule has 0 aliphatic rings. The average molecular weight is 394 g/mol. The van der Waals surface area contributed by atoms with Gasteiger partial charge < -0.3 is 15.8 Å². The van der Waals surface area contributed by atoms with Crippen LogP contribution in [0.25, 0.3) is 0 Å². The molecule has 0 saturated carbocycles. The van der Waals surface area contributed by atoms with Crippen LogP contribution in [0.5, 0.6) is 5.75 Å². The van der Waals surface area contributed by atoms with Crippen molar-refractivity contribution in [2.24, 2.45) is 11.1 Å². The Morgan fingerprint density at radius 2 is 2.05 bits per heavy atom. The van der Waals surface area contributed by atoms with E-state index >= 15 is 0 Å². The van der Waals surface area contributed by atoms with Gasteiger partial charge in [0.2, 0.25) is 5.91 Å². The summed E-state index contributed by atoms with van der Waals surface area (Å²) in [5.74, 6) is 0.793. The van der Waals surface area contributed by atoms with Gasteiger partial charge in [-0.1, -0.05) is 35.8 Å². The molecule has 126 valence electrons. The van der Waals surface area contributed by atoms with E-state index in [1.54, 1.807) is 0 Å². The highest BCUT2D eigenvalue weighted by Gasteiger charge is 2.33. The summed E-state index contributed by atoms with van der Waals surface area (Å²) in [6, 6.07) is 7.65. The quantitative estimate of drug-likeness (QED) is 0.710. The number of amides is 1. The molecule has 1 aromatic rings. The second kappa shape index (κ2) is 10.1. The number of benzene rings is 1. The monoisotopic (exact) mass is 392 g/mol. The van der Waals surface area contributed by atoms with Crippen LogP contribution >= 0.6 is 28.3 Å². The molecule has 0 heterocycles. The largest absolute Gasteiger partial charge is 0.489 e. The molecule has 0 spiro atoms. The van der Waals surface area contributed by atoms with Gasteiger partial charge >= 0.3 is 0 Å². The third-order valence-corrected chi connectivity index (χ3v) is 4.40. The lowest BCUT2D eigenvalue weighted by Crippen LogP contribution is -2.47. The molecule has 0 radical (unpaired) electrons. The summed E-state index contributed by atoms with van der Waals surface area (Å²) in [7, 11) is 0. The zero-order valence-electron chi connectivity index (χ0n) is 13.4. The smallest absolute Gasteiger partial charge is 0.227 e.